The first kappa shape index (κ1) is 15.0. The van der Waals surface area contributed by atoms with Crippen molar-refractivity contribution in [3.63, 3.8) is 0 Å². The van der Waals surface area contributed by atoms with Crippen molar-refractivity contribution in [3.05, 3.63) is 35.9 Å². The van der Waals surface area contributed by atoms with E-state index < -0.39 is 0 Å². The molecule has 1 aliphatic heterocycles. The fourth-order valence-corrected chi connectivity index (χ4v) is 2.86. The van der Waals surface area contributed by atoms with E-state index in [-0.39, 0.29) is 30.5 Å². The van der Waals surface area contributed by atoms with Gasteiger partial charge >= 0.3 is 0 Å². The predicted molar refractivity (Wildman–Crippen MR) is 79.0 cm³/mol. The molecule has 3 unspecified atom stereocenters. The lowest BCUT2D eigenvalue weighted by atomic mass is 9.92. The van der Waals surface area contributed by atoms with Crippen LogP contribution >= 0.6 is 0 Å². The summed E-state index contributed by atoms with van der Waals surface area (Å²) in [5, 5.41) is 9.42. The second-order valence-corrected chi connectivity index (χ2v) is 5.59. The number of amides is 1. The molecule has 1 saturated heterocycles. The summed E-state index contributed by atoms with van der Waals surface area (Å²) in [6.45, 7) is 2.65. The number of hydrogen-bond donors (Lipinski definition) is 2. The lowest BCUT2D eigenvalue weighted by Crippen LogP contribution is -2.49. The molecule has 0 aromatic heterocycles. The number of nitrogens with zero attached hydrogens (tertiary/aromatic N) is 1. The molecular formula is C16H24N2O2. The zero-order valence-electron chi connectivity index (χ0n) is 12.0. The monoisotopic (exact) mass is 276 g/mol. The molecule has 110 valence electrons. The molecule has 2 rings (SSSR count). The molecular weight excluding hydrogens is 252 g/mol. The molecule has 1 aromatic rings. The number of likely N-dealkylation sites (tertiary alicyclic amines) is 1. The van der Waals surface area contributed by atoms with Crippen LogP contribution in [-0.2, 0) is 4.79 Å². The average Bonchev–Trinajstić information content (AvgIpc) is 2.53. The topological polar surface area (TPSA) is 66.6 Å². The fraction of sp³-hybridized carbons (Fsp3) is 0.562. The van der Waals surface area contributed by atoms with Crippen LogP contribution in [0.4, 0.5) is 0 Å². The Morgan fingerprint density at radius 2 is 2.10 bits per heavy atom. The van der Waals surface area contributed by atoms with Crippen molar-refractivity contribution < 1.29 is 9.90 Å². The molecule has 4 nitrogen and oxygen atoms in total. The minimum atomic E-state index is -0.301. The van der Waals surface area contributed by atoms with Crippen molar-refractivity contribution in [1.29, 1.82) is 0 Å². The average molecular weight is 276 g/mol. The first-order valence-corrected chi connectivity index (χ1v) is 7.37. The first-order chi connectivity index (χ1) is 9.65. The number of aliphatic hydroxyl groups is 1. The first-order valence-electron chi connectivity index (χ1n) is 7.37. The Balaban J connectivity index is 2.07. The second kappa shape index (κ2) is 6.86. The van der Waals surface area contributed by atoms with Gasteiger partial charge < -0.3 is 15.7 Å². The van der Waals surface area contributed by atoms with Crippen molar-refractivity contribution in [2.24, 2.45) is 11.7 Å². The third-order valence-electron chi connectivity index (χ3n) is 4.23. The summed E-state index contributed by atoms with van der Waals surface area (Å²) in [6, 6.07) is 9.37. The van der Waals surface area contributed by atoms with Gasteiger partial charge in [0.25, 0.3) is 0 Å². The molecule has 1 fully saturated rings. The van der Waals surface area contributed by atoms with E-state index in [0.717, 1.165) is 31.4 Å². The minimum absolute atomic E-state index is 0.0401. The van der Waals surface area contributed by atoms with Crippen LogP contribution in [-0.4, -0.2) is 35.1 Å². The van der Waals surface area contributed by atoms with Gasteiger partial charge in [-0.15, -0.1) is 0 Å². The van der Waals surface area contributed by atoms with Crippen LogP contribution in [0.1, 0.15) is 37.8 Å². The smallest absolute Gasteiger partial charge is 0.227 e. The standard InChI is InChI=1S/C16H24N2O2/c1-12(15(17)13-7-3-2-4-8-13)16(20)18-10-6-5-9-14(18)11-19/h2-4,7-8,12,14-15,19H,5-6,9-11,17H2,1H3. The van der Waals surface area contributed by atoms with Gasteiger partial charge in [0, 0.05) is 12.6 Å². The predicted octanol–water partition coefficient (Wildman–Crippen LogP) is 1.70. The van der Waals surface area contributed by atoms with E-state index in [1.54, 1.807) is 0 Å². The maximum absolute atomic E-state index is 12.6. The van der Waals surface area contributed by atoms with E-state index in [0.29, 0.717) is 0 Å². The molecule has 1 aliphatic rings. The van der Waals surface area contributed by atoms with Crippen molar-refractivity contribution >= 4 is 5.91 Å². The summed E-state index contributed by atoms with van der Waals surface area (Å²) < 4.78 is 0. The molecule has 20 heavy (non-hydrogen) atoms. The Labute approximate surface area is 120 Å². The van der Waals surface area contributed by atoms with Crippen LogP contribution in [0.2, 0.25) is 0 Å². The highest BCUT2D eigenvalue weighted by atomic mass is 16.3. The molecule has 1 heterocycles. The molecule has 0 spiro atoms. The number of carbonyl (C=O) groups is 1. The molecule has 0 bridgehead atoms. The third kappa shape index (κ3) is 3.19. The van der Waals surface area contributed by atoms with Gasteiger partial charge in [-0.25, -0.2) is 0 Å². The lowest BCUT2D eigenvalue weighted by molar-refractivity contribution is -0.140. The molecule has 3 atom stereocenters. The highest BCUT2D eigenvalue weighted by molar-refractivity contribution is 5.80. The Morgan fingerprint density at radius 3 is 2.75 bits per heavy atom. The van der Waals surface area contributed by atoms with E-state index >= 15 is 0 Å². The maximum Gasteiger partial charge on any atom is 0.227 e. The number of aliphatic hydroxyl groups excluding tert-OH is 1. The van der Waals surface area contributed by atoms with Gasteiger partial charge in [-0.2, -0.15) is 0 Å². The molecule has 4 heteroatoms. The normalized spacial score (nSPS) is 22.4. The zero-order valence-corrected chi connectivity index (χ0v) is 12.0. The van der Waals surface area contributed by atoms with Crippen LogP contribution < -0.4 is 5.73 Å². The van der Waals surface area contributed by atoms with E-state index in [2.05, 4.69) is 0 Å². The van der Waals surface area contributed by atoms with Crippen molar-refractivity contribution in [3.8, 4) is 0 Å². The van der Waals surface area contributed by atoms with Crippen LogP contribution in [0, 0.1) is 5.92 Å². The van der Waals surface area contributed by atoms with Crippen LogP contribution in [0.5, 0.6) is 0 Å². The second-order valence-electron chi connectivity index (χ2n) is 5.59. The number of benzene rings is 1. The van der Waals surface area contributed by atoms with Gasteiger partial charge in [-0.05, 0) is 24.8 Å². The number of nitrogens with two attached hydrogens (primary N) is 1. The lowest BCUT2D eigenvalue weighted by Gasteiger charge is -2.37. The summed E-state index contributed by atoms with van der Waals surface area (Å²) in [6.07, 6.45) is 2.97. The highest BCUT2D eigenvalue weighted by Crippen LogP contribution is 2.25. The Morgan fingerprint density at radius 1 is 1.40 bits per heavy atom. The van der Waals surface area contributed by atoms with Gasteiger partial charge in [0.2, 0.25) is 5.91 Å². The maximum atomic E-state index is 12.6. The van der Waals surface area contributed by atoms with Gasteiger partial charge in [0.05, 0.1) is 18.6 Å². The molecule has 3 N–H and O–H groups in total. The zero-order chi connectivity index (χ0) is 14.5. The van der Waals surface area contributed by atoms with Gasteiger partial charge in [0.15, 0.2) is 0 Å². The fourth-order valence-electron chi connectivity index (χ4n) is 2.86. The van der Waals surface area contributed by atoms with Crippen LogP contribution in [0.25, 0.3) is 0 Å². The van der Waals surface area contributed by atoms with Crippen molar-refractivity contribution in [2.75, 3.05) is 13.2 Å². The van der Waals surface area contributed by atoms with Crippen LogP contribution in [0.3, 0.4) is 0 Å². The van der Waals surface area contributed by atoms with E-state index in [1.165, 1.54) is 0 Å². The van der Waals surface area contributed by atoms with Crippen LogP contribution in [0.15, 0.2) is 30.3 Å². The number of carbonyl (C=O) groups excluding carboxylic acids is 1. The molecule has 0 aliphatic carbocycles. The summed E-state index contributed by atoms with van der Waals surface area (Å²) in [7, 11) is 0. The number of piperidine rings is 1. The largest absolute Gasteiger partial charge is 0.394 e. The van der Waals surface area contributed by atoms with E-state index in [4.69, 9.17) is 5.73 Å². The summed E-state index contributed by atoms with van der Waals surface area (Å²) in [4.78, 5) is 14.4. The van der Waals surface area contributed by atoms with Gasteiger partial charge in [-0.3, -0.25) is 4.79 Å². The Kier molecular flexibility index (Phi) is 5.15. The third-order valence-corrected chi connectivity index (χ3v) is 4.23. The molecule has 0 radical (unpaired) electrons. The number of hydrogen-bond acceptors (Lipinski definition) is 3. The Hall–Kier alpha value is -1.39. The SMILES string of the molecule is CC(C(=O)N1CCCCC1CO)C(N)c1ccccc1. The van der Waals surface area contributed by atoms with Crippen molar-refractivity contribution in [2.45, 2.75) is 38.3 Å². The summed E-state index contributed by atoms with van der Waals surface area (Å²) in [5.74, 6) is -0.218. The van der Waals surface area contributed by atoms with Gasteiger partial charge in [-0.1, -0.05) is 37.3 Å². The molecule has 0 saturated carbocycles. The van der Waals surface area contributed by atoms with Crippen molar-refractivity contribution in [1.82, 2.24) is 4.90 Å². The summed E-state index contributed by atoms with van der Waals surface area (Å²) in [5.41, 5.74) is 7.20. The van der Waals surface area contributed by atoms with Gasteiger partial charge in [0.1, 0.15) is 0 Å². The van der Waals surface area contributed by atoms with E-state index in [9.17, 15) is 9.90 Å². The Bertz CT molecular complexity index is 435. The highest BCUT2D eigenvalue weighted by Gasteiger charge is 2.32. The van der Waals surface area contributed by atoms with E-state index in [1.807, 2.05) is 42.2 Å². The summed E-state index contributed by atoms with van der Waals surface area (Å²) >= 11 is 0. The number of rotatable bonds is 4. The molecule has 1 aromatic carbocycles. The minimum Gasteiger partial charge on any atom is -0.394 e. The quantitative estimate of drug-likeness (QED) is 0.879. The molecule has 1 amide bonds.